The number of hydrogen-bond donors (Lipinski definition) is 1. The van der Waals surface area contributed by atoms with Gasteiger partial charge in [-0.25, -0.2) is 0 Å². The van der Waals surface area contributed by atoms with Crippen molar-refractivity contribution in [2.45, 2.75) is 12.7 Å². The van der Waals surface area contributed by atoms with E-state index in [0.717, 1.165) is 5.56 Å². The van der Waals surface area contributed by atoms with Crippen LogP contribution in [0.4, 0.5) is 0 Å². The molecule has 1 heterocycles. The zero-order valence-corrected chi connectivity index (χ0v) is 9.67. The first kappa shape index (κ1) is 12.2. The second-order valence-corrected chi connectivity index (χ2v) is 3.79. The first-order valence-electron chi connectivity index (χ1n) is 4.59. The van der Waals surface area contributed by atoms with Crippen LogP contribution in [0.3, 0.4) is 0 Å². The molecule has 0 fully saturated rings. The van der Waals surface area contributed by atoms with E-state index in [1.54, 1.807) is 25.6 Å². The molecule has 0 aliphatic rings. The molecule has 4 nitrogen and oxygen atoms in total. The fraction of sp³-hybridized carbons (Fsp3) is 0.500. The van der Waals surface area contributed by atoms with Crippen molar-refractivity contribution in [2.24, 2.45) is 0 Å². The average Bonchev–Trinajstić information content (AvgIpc) is 2.72. The Balaban J connectivity index is 2.24. The smallest absolute Gasteiger partial charge is 0.224 e. The van der Waals surface area contributed by atoms with Crippen LogP contribution < -0.4 is 5.32 Å². The SMILES string of the molecule is COC(CNC(=O)Cc1ccsc1)OC. The van der Waals surface area contributed by atoms with Gasteiger partial charge in [0.2, 0.25) is 5.91 Å². The Hall–Kier alpha value is -0.910. The molecular formula is C10H15NO3S. The van der Waals surface area contributed by atoms with Crippen LogP contribution in [-0.2, 0) is 20.7 Å². The van der Waals surface area contributed by atoms with Crippen molar-refractivity contribution in [3.05, 3.63) is 22.4 Å². The zero-order valence-electron chi connectivity index (χ0n) is 8.86. The molecule has 0 bridgehead atoms. The molecule has 1 N–H and O–H groups in total. The number of methoxy groups -OCH3 is 2. The molecule has 0 aromatic carbocycles. The van der Waals surface area contributed by atoms with Gasteiger partial charge in [-0.05, 0) is 22.4 Å². The van der Waals surface area contributed by atoms with Crippen molar-refractivity contribution in [3.8, 4) is 0 Å². The lowest BCUT2D eigenvalue weighted by Crippen LogP contribution is -2.34. The molecule has 1 aromatic heterocycles. The van der Waals surface area contributed by atoms with Gasteiger partial charge >= 0.3 is 0 Å². The van der Waals surface area contributed by atoms with Crippen LogP contribution in [0.25, 0.3) is 0 Å². The summed E-state index contributed by atoms with van der Waals surface area (Å²) in [5.74, 6) is -0.0208. The fourth-order valence-corrected chi connectivity index (χ4v) is 1.77. The van der Waals surface area contributed by atoms with Crippen LogP contribution >= 0.6 is 11.3 Å². The van der Waals surface area contributed by atoms with Crippen LogP contribution in [0.5, 0.6) is 0 Å². The van der Waals surface area contributed by atoms with E-state index in [0.29, 0.717) is 13.0 Å². The van der Waals surface area contributed by atoms with E-state index in [1.807, 2.05) is 16.8 Å². The maximum Gasteiger partial charge on any atom is 0.224 e. The van der Waals surface area contributed by atoms with E-state index in [4.69, 9.17) is 9.47 Å². The predicted molar refractivity (Wildman–Crippen MR) is 58.8 cm³/mol. The van der Waals surface area contributed by atoms with Crippen molar-refractivity contribution in [3.63, 3.8) is 0 Å². The summed E-state index contributed by atoms with van der Waals surface area (Å²) in [4.78, 5) is 11.4. The van der Waals surface area contributed by atoms with Gasteiger partial charge in [0, 0.05) is 14.2 Å². The molecule has 1 aromatic rings. The highest BCUT2D eigenvalue weighted by Crippen LogP contribution is 2.06. The number of hydrogen-bond acceptors (Lipinski definition) is 4. The molecule has 1 amide bonds. The van der Waals surface area contributed by atoms with E-state index in [2.05, 4.69) is 5.32 Å². The van der Waals surface area contributed by atoms with Crippen LogP contribution in [0.2, 0.25) is 0 Å². The van der Waals surface area contributed by atoms with Crippen molar-refractivity contribution < 1.29 is 14.3 Å². The minimum atomic E-state index is -0.378. The monoisotopic (exact) mass is 229 g/mol. The number of carbonyl (C=O) groups excluding carboxylic acids is 1. The van der Waals surface area contributed by atoms with Crippen LogP contribution in [0, 0.1) is 0 Å². The van der Waals surface area contributed by atoms with E-state index in [-0.39, 0.29) is 12.2 Å². The van der Waals surface area contributed by atoms with Gasteiger partial charge in [-0.3, -0.25) is 4.79 Å². The third-order valence-corrected chi connectivity index (χ3v) is 2.67. The summed E-state index contributed by atoms with van der Waals surface area (Å²) in [5, 5.41) is 6.65. The van der Waals surface area contributed by atoms with E-state index >= 15 is 0 Å². The summed E-state index contributed by atoms with van der Waals surface area (Å²) in [6, 6.07) is 1.94. The lowest BCUT2D eigenvalue weighted by Gasteiger charge is -2.13. The maximum atomic E-state index is 11.4. The zero-order chi connectivity index (χ0) is 11.1. The van der Waals surface area contributed by atoms with Crippen molar-refractivity contribution in [1.82, 2.24) is 5.32 Å². The summed E-state index contributed by atoms with van der Waals surface area (Å²) in [6.07, 6.45) is 0.0281. The summed E-state index contributed by atoms with van der Waals surface area (Å²) in [6.45, 7) is 0.371. The molecule has 0 atom stereocenters. The highest BCUT2D eigenvalue weighted by molar-refractivity contribution is 7.07. The number of ether oxygens (including phenoxy) is 2. The quantitative estimate of drug-likeness (QED) is 0.741. The molecule has 5 heteroatoms. The average molecular weight is 229 g/mol. The van der Waals surface area contributed by atoms with Gasteiger partial charge < -0.3 is 14.8 Å². The lowest BCUT2D eigenvalue weighted by atomic mass is 10.2. The molecule has 0 spiro atoms. The predicted octanol–water partition coefficient (Wildman–Crippen LogP) is 1.03. The summed E-state index contributed by atoms with van der Waals surface area (Å²) in [7, 11) is 3.08. The molecule has 0 unspecified atom stereocenters. The molecular weight excluding hydrogens is 214 g/mol. The fourth-order valence-electron chi connectivity index (χ4n) is 1.10. The summed E-state index contributed by atoms with van der Waals surface area (Å²) >= 11 is 1.59. The second-order valence-electron chi connectivity index (χ2n) is 3.01. The maximum absolute atomic E-state index is 11.4. The van der Waals surface area contributed by atoms with E-state index in [1.165, 1.54) is 0 Å². The Bertz CT molecular complexity index is 283. The van der Waals surface area contributed by atoms with E-state index < -0.39 is 0 Å². The van der Waals surface area contributed by atoms with Gasteiger partial charge in [0.25, 0.3) is 0 Å². The first-order valence-corrected chi connectivity index (χ1v) is 5.54. The van der Waals surface area contributed by atoms with Gasteiger partial charge in [-0.15, -0.1) is 0 Å². The van der Waals surface area contributed by atoms with E-state index in [9.17, 15) is 4.79 Å². The van der Waals surface area contributed by atoms with Crippen LogP contribution in [0.1, 0.15) is 5.56 Å². The summed E-state index contributed by atoms with van der Waals surface area (Å²) < 4.78 is 9.90. The molecule has 0 radical (unpaired) electrons. The van der Waals surface area contributed by atoms with Crippen LogP contribution in [0.15, 0.2) is 16.8 Å². The highest BCUT2D eigenvalue weighted by Gasteiger charge is 2.08. The number of amides is 1. The lowest BCUT2D eigenvalue weighted by molar-refractivity contribution is -0.126. The Morgan fingerprint density at radius 1 is 1.53 bits per heavy atom. The van der Waals surface area contributed by atoms with Crippen molar-refractivity contribution >= 4 is 17.2 Å². The Kier molecular flexibility index (Phi) is 5.31. The second kappa shape index (κ2) is 6.55. The minimum absolute atomic E-state index is 0.0208. The number of thiophene rings is 1. The minimum Gasteiger partial charge on any atom is -0.354 e. The standard InChI is InChI=1S/C10H15NO3S/c1-13-10(14-2)6-11-9(12)5-8-3-4-15-7-8/h3-4,7,10H,5-6H2,1-2H3,(H,11,12). The van der Waals surface area contributed by atoms with Gasteiger partial charge in [-0.2, -0.15) is 11.3 Å². The topological polar surface area (TPSA) is 47.6 Å². The molecule has 0 aliphatic carbocycles. The first-order chi connectivity index (χ1) is 7.26. The van der Waals surface area contributed by atoms with Gasteiger partial charge in [0.05, 0.1) is 13.0 Å². The molecule has 15 heavy (non-hydrogen) atoms. The largest absolute Gasteiger partial charge is 0.354 e. The molecule has 0 aliphatic heterocycles. The van der Waals surface area contributed by atoms with Gasteiger partial charge in [-0.1, -0.05) is 0 Å². The summed E-state index contributed by atoms with van der Waals surface area (Å²) in [5.41, 5.74) is 1.03. The number of nitrogens with one attached hydrogen (secondary N) is 1. The molecule has 1 rings (SSSR count). The Morgan fingerprint density at radius 2 is 2.27 bits per heavy atom. The molecule has 0 saturated heterocycles. The number of rotatable bonds is 6. The number of carbonyl (C=O) groups is 1. The molecule has 84 valence electrons. The highest BCUT2D eigenvalue weighted by atomic mass is 32.1. The van der Waals surface area contributed by atoms with Crippen LogP contribution in [-0.4, -0.2) is 33.0 Å². The van der Waals surface area contributed by atoms with Gasteiger partial charge in [0.1, 0.15) is 0 Å². The Labute approximate surface area is 93.2 Å². The van der Waals surface area contributed by atoms with Crippen molar-refractivity contribution in [2.75, 3.05) is 20.8 Å². The Morgan fingerprint density at radius 3 is 2.80 bits per heavy atom. The third-order valence-electron chi connectivity index (χ3n) is 1.94. The van der Waals surface area contributed by atoms with Crippen molar-refractivity contribution in [1.29, 1.82) is 0 Å². The third kappa shape index (κ3) is 4.42. The normalized spacial score (nSPS) is 10.6. The molecule has 0 saturated carbocycles. The van der Waals surface area contributed by atoms with Gasteiger partial charge in [0.15, 0.2) is 6.29 Å².